The van der Waals surface area contributed by atoms with Crippen LogP contribution in [0.3, 0.4) is 0 Å². The SMILES string of the molecule is COC1=CC(=O)C(O)=C(CCCCCC/C=C\CCCCCCCCC(=O)O)C1=O. The van der Waals surface area contributed by atoms with Gasteiger partial charge in [0.15, 0.2) is 11.5 Å². The van der Waals surface area contributed by atoms with E-state index in [-0.39, 0.29) is 17.8 Å². The van der Waals surface area contributed by atoms with Crippen LogP contribution in [0.25, 0.3) is 0 Å². The second-order valence-corrected chi connectivity index (χ2v) is 7.71. The van der Waals surface area contributed by atoms with Gasteiger partial charge in [-0.15, -0.1) is 0 Å². The summed E-state index contributed by atoms with van der Waals surface area (Å²) < 4.78 is 4.91. The summed E-state index contributed by atoms with van der Waals surface area (Å²) >= 11 is 0. The van der Waals surface area contributed by atoms with Crippen LogP contribution in [0, 0.1) is 0 Å². The Morgan fingerprint density at radius 2 is 1.43 bits per heavy atom. The summed E-state index contributed by atoms with van der Waals surface area (Å²) in [5.74, 6) is -2.10. The molecule has 0 spiro atoms. The fourth-order valence-electron chi connectivity index (χ4n) is 3.44. The lowest BCUT2D eigenvalue weighted by Gasteiger charge is -2.14. The van der Waals surface area contributed by atoms with Gasteiger partial charge in [0.25, 0.3) is 0 Å². The number of carbonyl (C=O) groups excluding carboxylic acids is 2. The predicted octanol–water partition coefficient (Wildman–Crippen LogP) is 5.58. The fourth-order valence-corrected chi connectivity index (χ4v) is 3.44. The topological polar surface area (TPSA) is 101 Å². The number of aliphatic hydroxyl groups is 1. The molecule has 0 saturated carbocycles. The average molecular weight is 421 g/mol. The Bertz CT molecular complexity index is 657. The molecule has 0 aliphatic heterocycles. The summed E-state index contributed by atoms with van der Waals surface area (Å²) in [6.07, 6.45) is 18.6. The van der Waals surface area contributed by atoms with Crippen molar-refractivity contribution in [3.05, 3.63) is 35.3 Å². The van der Waals surface area contributed by atoms with Crippen LogP contribution in [-0.4, -0.2) is 34.9 Å². The molecule has 2 N–H and O–H groups in total. The number of rotatable bonds is 17. The van der Waals surface area contributed by atoms with Crippen LogP contribution in [0.5, 0.6) is 0 Å². The number of ether oxygens (including phenoxy) is 1. The molecule has 0 fully saturated rings. The summed E-state index contributed by atoms with van der Waals surface area (Å²) in [6, 6.07) is 0. The molecule has 0 saturated heterocycles. The number of methoxy groups -OCH3 is 1. The van der Waals surface area contributed by atoms with Crippen LogP contribution in [0.2, 0.25) is 0 Å². The normalized spacial score (nSPS) is 14.5. The first-order valence-electron chi connectivity index (χ1n) is 11.1. The van der Waals surface area contributed by atoms with Crippen LogP contribution < -0.4 is 0 Å². The van der Waals surface area contributed by atoms with Gasteiger partial charge in [-0.05, 0) is 44.9 Å². The summed E-state index contributed by atoms with van der Waals surface area (Å²) in [5, 5.41) is 18.4. The van der Waals surface area contributed by atoms with Gasteiger partial charge in [-0.3, -0.25) is 14.4 Å². The van der Waals surface area contributed by atoms with Gasteiger partial charge in [-0.25, -0.2) is 0 Å². The minimum Gasteiger partial charge on any atom is -0.504 e. The van der Waals surface area contributed by atoms with Gasteiger partial charge in [-0.2, -0.15) is 0 Å². The summed E-state index contributed by atoms with van der Waals surface area (Å²) in [5.41, 5.74) is 0.168. The highest BCUT2D eigenvalue weighted by Crippen LogP contribution is 2.23. The molecular weight excluding hydrogens is 384 g/mol. The minimum atomic E-state index is -0.703. The molecule has 1 aliphatic rings. The number of carboxylic acids is 1. The molecule has 0 atom stereocenters. The van der Waals surface area contributed by atoms with Crippen LogP contribution in [-0.2, 0) is 19.1 Å². The van der Waals surface area contributed by atoms with Crippen molar-refractivity contribution in [2.45, 2.75) is 89.9 Å². The molecule has 0 heterocycles. The van der Waals surface area contributed by atoms with Crippen LogP contribution >= 0.6 is 0 Å². The Labute approximate surface area is 179 Å². The zero-order valence-electron chi connectivity index (χ0n) is 18.2. The van der Waals surface area contributed by atoms with Gasteiger partial charge in [0.2, 0.25) is 11.6 Å². The van der Waals surface area contributed by atoms with Crippen molar-refractivity contribution >= 4 is 17.5 Å². The van der Waals surface area contributed by atoms with E-state index in [9.17, 15) is 19.5 Å². The Kier molecular flexibility index (Phi) is 13.2. The first-order valence-corrected chi connectivity index (χ1v) is 11.1. The Morgan fingerprint density at radius 1 is 0.900 bits per heavy atom. The van der Waals surface area contributed by atoms with E-state index < -0.39 is 23.3 Å². The minimum absolute atomic E-state index is 0.00359. The van der Waals surface area contributed by atoms with Gasteiger partial charge in [0.05, 0.1) is 7.11 Å². The van der Waals surface area contributed by atoms with E-state index in [1.54, 1.807) is 0 Å². The number of ketones is 2. The highest BCUT2D eigenvalue weighted by Gasteiger charge is 2.28. The molecule has 1 aliphatic carbocycles. The molecule has 6 heteroatoms. The number of aliphatic carboxylic acids is 1. The van der Waals surface area contributed by atoms with E-state index in [1.165, 1.54) is 26.4 Å². The van der Waals surface area contributed by atoms with Crippen LogP contribution in [0.1, 0.15) is 89.9 Å². The molecule has 0 amide bonds. The largest absolute Gasteiger partial charge is 0.504 e. The van der Waals surface area contributed by atoms with Crippen molar-refractivity contribution in [2.75, 3.05) is 7.11 Å². The van der Waals surface area contributed by atoms with E-state index in [0.29, 0.717) is 6.42 Å². The number of carboxylic acid groups (broad SMARTS) is 1. The first-order chi connectivity index (χ1) is 14.5. The van der Waals surface area contributed by atoms with E-state index in [1.807, 2.05) is 0 Å². The third-order valence-corrected chi connectivity index (χ3v) is 5.22. The van der Waals surface area contributed by atoms with Crippen LogP contribution in [0.15, 0.2) is 35.3 Å². The molecule has 6 nitrogen and oxygen atoms in total. The monoisotopic (exact) mass is 420 g/mol. The number of hydrogen-bond donors (Lipinski definition) is 2. The molecule has 1 rings (SSSR count). The van der Waals surface area contributed by atoms with Crippen molar-refractivity contribution in [3.8, 4) is 0 Å². The van der Waals surface area contributed by atoms with Crippen molar-refractivity contribution in [1.29, 1.82) is 0 Å². The zero-order valence-corrected chi connectivity index (χ0v) is 18.2. The molecule has 0 aromatic heterocycles. The fraction of sp³-hybridized carbons (Fsp3) is 0.625. The van der Waals surface area contributed by atoms with E-state index in [4.69, 9.17) is 9.84 Å². The molecule has 0 radical (unpaired) electrons. The summed E-state index contributed by atoms with van der Waals surface area (Å²) in [6.45, 7) is 0. The molecule has 0 aromatic rings. The maximum atomic E-state index is 12.1. The summed E-state index contributed by atoms with van der Waals surface area (Å²) in [4.78, 5) is 34.2. The predicted molar refractivity (Wildman–Crippen MR) is 116 cm³/mol. The third kappa shape index (κ3) is 10.4. The Balaban J connectivity index is 2.00. The lowest BCUT2D eigenvalue weighted by Crippen LogP contribution is -2.20. The smallest absolute Gasteiger partial charge is 0.303 e. The lowest BCUT2D eigenvalue weighted by molar-refractivity contribution is -0.137. The number of carbonyl (C=O) groups is 3. The number of hydrogen-bond acceptors (Lipinski definition) is 5. The quantitative estimate of drug-likeness (QED) is 0.181. The molecule has 30 heavy (non-hydrogen) atoms. The lowest BCUT2D eigenvalue weighted by atomic mass is 9.94. The van der Waals surface area contributed by atoms with Gasteiger partial charge in [0, 0.05) is 18.1 Å². The van der Waals surface area contributed by atoms with Crippen molar-refractivity contribution in [1.82, 2.24) is 0 Å². The average Bonchev–Trinajstić information content (AvgIpc) is 2.72. The van der Waals surface area contributed by atoms with E-state index in [0.717, 1.165) is 63.9 Å². The number of aliphatic hydroxyl groups excluding tert-OH is 1. The van der Waals surface area contributed by atoms with Gasteiger partial charge >= 0.3 is 5.97 Å². The van der Waals surface area contributed by atoms with E-state index >= 15 is 0 Å². The Hall–Kier alpha value is -2.37. The van der Waals surface area contributed by atoms with E-state index in [2.05, 4.69) is 12.2 Å². The van der Waals surface area contributed by atoms with Gasteiger partial charge < -0.3 is 14.9 Å². The standard InChI is InChI=1S/C24H36O6/c1-30-21-18-20(25)23(28)19(24(21)29)16-14-12-10-8-6-4-2-3-5-7-9-11-13-15-17-22(26)27/h2,4,18,28H,3,5-17H2,1H3,(H,26,27)/b4-2-. The second-order valence-electron chi connectivity index (χ2n) is 7.71. The van der Waals surface area contributed by atoms with Crippen molar-refractivity contribution < 1.29 is 29.3 Å². The third-order valence-electron chi connectivity index (χ3n) is 5.22. The van der Waals surface area contributed by atoms with Gasteiger partial charge in [-0.1, -0.05) is 50.7 Å². The van der Waals surface area contributed by atoms with Crippen molar-refractivity contribution in [2.24, 2.45) is 0 Å². The number of Topliss-reactive ketones (excluding diaryl/α,β-unsaturated/α-hetero) is 1. The maximum Gasteiger partial charge on any atom is 0.303 e. The number of unbranched alkanes of at least 4 members (excludes halogenated alkanes) is 10. The zero-order chi connectivity index (χ0) is 22.2. The second kappa shape index (κ2) is 15.5. The number of allylic oxidation sites excluding steroid dienone is 4. The summed E-state index contributed by atoms with van der Waals surface area (Å²) in [7, 11) is 1.34. The Morgan fingerprint density at radius 3 is 2.00 bits per heavy atom. The first kappa shape index (κ1) is 25.7. The van der Waals surface area contributed by atoms with Crippen molar-refractivity contribution in [3.63, 3.8) is 0 Å². The highest BCUT2D eigenvalue weighted by molar-refractivity contribution is 6.20. The molecular formula is C24H36O6. The maximum absolute atomic E-state index is 12.1. The molecule has 168 valence electrons. The molecule has 0 aromatic carbocycles. The highest BCUT2D eigenvalue weighted by atomic mass is 16.5. The van der Waals surface area contributed by atoms with Crippen LogP contribution in [0.4, 0.5) is 0 Å². The molecule has 0 unspecified atom stereocenters. The van der Waals surface area contributed by atoms with Gasteiger partial charge in [0.1, 0.15) is 0 Å². The molecule has 0 bridgehead atoms.